The second-order valence-electron chi connectivity index (χ2n) is 5.94. The van der Waals surface area contributed by atoms with E-state index in [1.165, 1.54) is 4.57 Å². The van der Waals surface area contributed by atoms with E-state index < -0.39 is 11.4 Å². The van der Waals surface area contributed by atoms with Crippen molar-refractivity contribution in [3.8, 4) is 5.75 Å². The zero-order chi connectivity index (χ0) is 18.7. The zero-order valence-electron chi connectivity index (χ0n) is 14.1. The topological polar surface area (TPSA) is 61.4 Å². The van der Waals surface area contributed by atoms with E-state index in [0.717, 1.165) is 22.2 Å². The maximum atomic E-state index is 12.0. The average Bonchev–Trinajstić information content (AvgIpc) is 2.60. The normalized spacial score (nSPS) is 11.0. The molecule has 0 fully saturated rings. The van der Waals surface area contributed by atoms with E-state index in [0.29, 0.717) is 35.5 Å². The summed E-state index contributed by atoms with van der Waals surface area (Å²) in [6.45, 7) is 2.90. The highest BCUT2D eigenvalue weighted by Gasteiger charge is 2.09. The molecule has 0 aliphatic carbocycles. The van der Waals surface area contributed by atoms with Gasteiger partial charge in [-0.15, -0.1) is 0 Å². The van der Waals surface area contributed by atoms with Gasteiger partial charge >= 0.3 is 11.4 Å². The van der Waals surface area contributed by atoms with Crippen LogP contribution in [0.15, 0.2) is 54.9 Å². The number of nitrogens with zero attached hydrogens (tertiary/aromatic N) is 1. The lowest BCUT2D eigenvalue weighted by Gasteiger charge is -2.10. The molecule has 7 heteroatoms. The third-order valence-electron chi connectivity index (χ3n) is 4.04. The summed E-state index contributed by atoms with van der Waals surface area (Å²) in [5, 5.41) is 1.09. The number of halogens is 2. The first-order valence-corrected chi connectivity index (χ1v) is 9.35. The second-order valence-corrected chi connectivity index (χ2v) is 7.26. The molecule has 0 bridgehead atoms. The molecule has 3 aromatic rings. The number of rotatable bonds is 6. The fourth-order valence-corrected chi connectivity index (χ4v) is 3.15. The van der Waals surface area contributed by atoms with Gasteiger partial charge in [-0.05, 0) is 61.7 Å². The van der Waals surface area contributed by atoms with E-state index in [-0.39, 0.29) is 0 Å². The van der Waals surface area contributed by atoms with Crippen LogP contribution < -0.4 is 16.1 Å². The number of ether oxygens (including phenoxy) is 1. The molecule has 0 saturated carbocycles. The highest BCUT2D eigenvalue weighted by molar-refractivity contribution is 9.10. The molecule has 0 aliphatic rings. The highest BCUT2D eigenvalue weighted by atomic mass is 79.9. The van der Waals surface area contributed by atoms with Gasteiger partial charge < -0.3 is 9.15 Å². The third kappa shape index (κ3) is 4.19. The van der Waals surface area contributed by atoms with Gasteiger partial charge in [-0.1, -0.05) is 27.5 Å². The van der Waals surface area contributed by atoms with Gasteiger partial charge in [0.15, 0.2) is 0 Å². The number of benzene rings is 2. The summed E-state index contributed by atoms with van der Waals surface area (Å²) in [4.78, 5) is 23.9. The van der Waals surface area contributed by atoms with Gasteiger partial charge in [0.2, 0.25) is 0 Å². The highest BCUT2D eigenvalue weighted by Crippen LogP contribution is 2.21. The quantitative estimate of drug-likeness (QED) is 0.530. The predicted molar refractivity (Wildman–Crippen MR) is 105 cm³/mol. The summed E-state index contributed by atoms with van der Waals surface area (Å²) in [5.74, 6) is 0.129. The first kappa shape index (κ1) is 18.7. The Morgan fingerprint density at radius 2 is 1.96 bits per heavy atom. The molecule has 1 heterocycles. The van der Waals surface area contributed by atoms with E-state index in [9.17, 15) is 9.59 Å². The Morgan fingerprint density at radius 3 is 2.73 bits per heavy atom. The Morgan fingerprint density at radius 1 is 1.15 bits per heavy atom. The van der Waals surface area contributed by atoms with Crippen molar-refractivity contribution in [2.45, 2.75) is 26.3 Å². The predicted octanol–water partition coefficient (Wildman–Crippen LogP) is 4.54. The molecule has 0 amide bonds. The lowest BCUT2D eigenvalue weighted by molar-refractivity contribution is 0.300. The van der Waals surface area contributed by atoms with E-state index in [1.807, 2.05) is 25.1 Å². The minimum atomic E-state index is -0.640. The van der Waals surface area contributed by atoms with Crippen LogP contribution in [-0.4, -0.2) is 11.2 Å². The first-order valence-electron chi connectivity index (χ1n) is 8.18. The van der Waals surface area contributed by atoms with Crippen LogP contribution in [-0.2, 0) is 6.54 Å². The zero-order valence-corrected chi connectivity index (χ0v) is 16.5. The summed E-state index contributed by atoms with van der Waals surface area (Å²) in [5.41, 5.74) is 0.917. The van der Waals surface area contributed by atoms with Crippen molar-refractivity contribution < 1.29 is 9.15 Å². The van der Waals surface area contributed by atoms with E-state index in [1.54, 1.807) is 18.2 Å². The van der Waals surface area contributed by atoms with Gasteiger partial charge in [-0.25, -0.2) is 9.59 Å². The number of hydrogen-bond acceptors (Lipinski definition) is 4. The molecule has 2 aromatic carbocycles. The van der Waals surface area contributed by atoms with Gasteiger partial charge in [0.25, 0.3) is 0 Å². The van der Waals surface area contributed by atoms with E-state index in [4.69, 9.17) is 20.8 Å². The molecule has 0 radical (unpaired) electrons. The Labute approximate surface area is 163 Å². The van der Waals surface area contributed by atoms with Crippen LogP contribution in [0.2, 0.25) is 5.02 Å². The molecule has 26 heavy (non-hydrogen) atoms. The third-order valence-corrected chi connectivity index (χ3v) is 4.96. The Balaban J connectivity index is 1.64. The van der Waals surface area contributed by atoms with Crippen molar-refractivity contribution in [1.29, 1.82) is 0 Å². The van der Waals surface area contributed by atoms with Crippen molar-refractivity contribution >= 4 is 38.4 Å². The van der Waals surface area contributed by atoms with Crippen LogP contribution in [0.25, 0.3) is 10.9 Å². The molecule has 0 atom stereocenters. The lowest BCUT2D eigenvalue weighted by Crippen LogP contribution is -2.25. The Bertz CT molecular complexity index is 1060. The SMILES string of the molecule is Cc1cc(OCCCCn2c(=O)oc(=O)c3cc(Br)ccc32)ccc1Cl. The number of aromatic nitrogens is 1. The Hall–Kier alpha value is -2.05. The number of aryl methyl sites for hydroxylation is 2. The molecule has 1 aromatic heterocycles. The summed E-state index contributed by atoms with van der Waals surface area (Å²) in [6.07, 6.45) is 1.47. The number of unbranched alkanes of at least 4 members (excludes halogenated alkanes) is 1. The van der Waals surface area contributed by atoms with Gasteiger partial charge in [-0.2, -0.15) is 0 Å². The molecular weight excluding hydrogens is 422 g/mol. The molecule has 0 unspecified atom stereocenters. The van der Waals surface area contributed by atoms with Crippen LogP contribution in [0.3, 0.4) is 0 Å². The lowest BCUT2D eigenvalue weighted by atomic mass is 10.2. The monoisotopic (exact) mass is 437 g/mol. The summed E-state index contributed by atoms with van der Waals surface area (Å²) in [6, 6.07) is 10.7. The fraction of sp³-hybridized carbons (Fsp3) is 0.263. The minimum Gasteiger partial charge on any atom is -0.494 e. The van der Waals surface area contributed by atoms with Gasteiger partial charge in [0, 0.05) is 16.0 Å². The van der Waals surface area contributed by atoms with Crippen LogP contribution in [0, 0.1) is 6.92 Å². The molecule has 0 aliphatic heterocycles. The van der Waals surface area contributed by atoms with Crippen molar-refractivity contribution in [1.82, 2.24) is 4.57 Å². The van der Waals surface area contributed by atoms with Gasteiger partial charge in [-0.3, -0.25) is 4.57 Å². The van der Waals surface area contributed by atoms with Crippen molar-refractivity contribution in [3.63, 3.8) is 0 Å². The van der Waals surface area contributed by atoms with Gasteiger partial charge in [0.05, 0.1) is 17.5 Å². The van der Waals surface area contributed by atoms with E-state index in [2.05, 4.69) is 15.9 Å². The van der Waals surface area contributed by atoms with Crippen LogP contribution in [0.1, 0.15) is 18.4 Å². The molecule has 5 nitrogen and oxygen atoms in total. The molecular formula is C19H17BrClNO4. The standard InChI is InChI=1S/C19H17BrClNO4/c1-12-10-14(5-6-16(12)21)25-9-3-2-8-22-17-7-4-13(20)11-15(17)18(23)26-19(22)24/h4-7,10-11H,2-3,8-9H2,1H3. The molecule has 3 rings (SSSR count). The van der Waals surface area contributed by atoms with Crippen LogP contribution in [0.4, 0.5) is 0 Å². The second kappa shape index (κ2) is 8.10. The number of fused-ring (bicyclic) bond motifs is 1. The van der Waals surface area contributed by atoms with Crippen LogP contribution >= 0.6 is 27.5 Å². The maximum absolute atomic E-state index is 12.0. The molecule has 0 spiro atoms. The average molecular weight is 439 g/mol. The Kier molecular flexibility index (Phi) is 5.84. The van der Waals surface area contributed by atoms with E-state index >= 15 is 0 Å². The fourth-order valence-electron chi connectivity index (χ4n) is 2.68. The van der Waals surface area contributed by atoms with Crippen molar-refractivity contribution in [2.24, 2.45) is 0 Å². The van der Waals surface area contributed by atoms with Crippen molar-refractivity contribution in [3.05, 3.63) is 72.4 Å². The van der Waals surface area contributed by atoms with Crippen LogP contribution in [0.5, 0.6) is 5.75 Å². The summed E-state index contributed by atoms with van der Waals surface area (Å²) >= 11 is 9.32. The molecule has 0 saturated heterocycles. The molecule has 0 N–H and O–H groups in total. The smallest absolute Gasteiger partial charge is 0.422 e. The maximum Gasteiger partial charge on any atom is 0.422 e. The summed E-state index contributed by atoms with van der Waals surface area (Å²) < 4.78 is 12.8. The minimum absolute atomic E-state index is 0.381. The molecule has 136 valence electrons. The largest absolute Gasteiger partial charge is 0.494 e. The number of hydrogen-bond donors (Lipinski definition) is 0. The first-order chi connectivity index (χ1) is 12.5. The van der Waals surface area contributed by atoms with Gasteiger partial charge in [0.1, 0.15) is 5.75 Å². The van der Waals surface area contributed by atoms with Crippen molar-refractivity contribution in [2.75, 3.05) is 6.61 Å². The summed E-state index contributed by atoms with van der Waals surface area (Å²) in [7, 11) is 0.